The first kappa shape index (κ1) is 8.01. The van der Waals surface area contributed by atoms with Crippen molar-refractivity contribution in [2.45, 2.75) is 6.92 Å². The summed E-state index contributed by atoms with van der Waals surface area (Å²) in [6, 6.07) is 6.60. The minimum absolute atomic E-state index is 0. The van der Waals surface area contributed by atoms with Crippen molar-refractivity contribution < 1.29 is 18.9 Å². The van der Waals surface area contributed by atoms with Crippen molar-refractivity contribution in [3.8, 4) is 10.4 Å². The third-order valence-corrected chi connectivity index (χ3v) is 2.35. The summed E-state index contributed by atoms with van der Waals surface area (Å²) in [5.41, 5.74) is 2.76. The molecule has 10 heavy (non-hydrogen) atoms. The van der Waals surface area contributed by atoms with E-state index < -0.39 is 0 Å². The molecule has 0 saturated carbocycles. The van der Waals surface area contributed by atoms with Crippen molar-refractivity contribution >= 4 is 11.3 Å². The second kappa shape index (κ2) is 2.88. The van der Waals surface area contributed by atoms with Gasteiger partial charge in [0.05, 0.1) is 0 Å². The van der Waals surface area contributed by atoms with Crippen LogP contribution in [0.4, 0.5) is 0 Å². The summed E-state index contributed by atoms with van der Waals surface area (Å²) in [6.07, 6.45) is 0. The van der Waals surface area contributed by atoms with Crippen LogP contribution in [0.15, 0.2) is 23.6 Å². The number of rotatable bonds is 0. The van der Waals surface area contributed by atoms with Crippen LogP contribution in [-0.4, -0.2) is 0 Å². The van der Waals surface area contributed by atoms with E-state index >= 15 is 0 Å². The number of hydrogen-bond acceptors (Lipinski definition) is 1. The molecular weight excluding hydrogens is 135 g/mol. The second-order valence-electron chi connectivity index (χ2n) is 2.27. The third-order valence-electron chi connectivity index (χ3n) is 1.47. The normalized spacial score (nSPS) is 9.70. The quantitative estimate of drug-likeness (QED) is 0.355. The maximum atomic E-state index is 2.22. The average molecular weight is 142 g/mol. The molecule has 0 nitrogen and oxygen atoms in total. The van der Waals surface area contributed by atoms with Crippen molar-refractivity contribution in [2.75, 3.05) is 0 Å². The monoisotopic (exact) mass is 142 g/mol. The molecular formula is C8H7LiS. The van der Waals surface area contributed by atoms with Crippen LogP contribution in [0.5, 0.6) is 0 Å². The molecule has 2 heteroatoms. The summed E-state index contributed by atoms with van der Waals surface area (Å²) in [7, 11) is 0. The van der Waals surface area contributed by atoms with Crippen molar-refractivity contribution in [3.05, 3.63) is 29.1 Å². The zero-order chi connectivity index (χ0) is 6.27. The standard InChI is InChI=1S/C8H7S.Li/c1-6-4-7-2-3-9-8(7)5-6;/h2-5H,1H3;/q-1;+1. The number of aryl methyl sites for hydroxylation is 1. The van der Waals surface area contributed by atoms with Gasteiger partial charge in [-0.25, -0.2) is 0 Å². The number of fused-ring (bicyclic) bond motifs is 1. The largest absolute Gasteiger partial charge is 1.00 e. The van der Waals surface area contributed by atoms with E-state index in [1.807, 2.05) is 11.3 Å². The molecule has 2 rings (SSSR count). The fourth-order valence-electron chi connectivity index (χ4n) is 1.06. The van der Waals surface area contributed by atoms with E-state index in [0.717, 1.165) is 0 Å². The average Bonchev–Trinajstić information content (AvgIpc) is 2.22. The third kappa shape index (κ3) is 1.18. The molecule has 2 aliphatic rings. The van der Waals surface area contributed by atoms with Crippen LogP contribution >= 0.6 is 11.3 Å². The van der Waals surface area contributed by atoms with Crippen molar-refractivity contribution in [3.63, 3.8) is 0 Å². The van der Waals surface area contributed by atoms with E-state index in [1.54, 1.807) is 0 Å². The Morgan fingerprint density at radius 2 is 2.20 bits per heavy atom. The predicted octanol–water partition coefficient (Wildman–Crippen LogP) is -0.116. The summed E-state index contributed by atoms with van der Waals surface area (Å²) >= 11 is 1.81. The van der Waals surface area contributed by atoms with Crippen LogP contribution in [0.1, 0.15) is 5.56 Å². The van der Waals surface area contributed by atoms with Gasteiger partial charge in [0.1, 0.15) is 0 Å². The van der Waals surface area contributed by atoms with Gasteiger partial charge in [0.2, 0.25) is 0 Å². The minimum Gasteiger partial charge on any atom is -0.291 e. The zero-order valence-electron chi connectivity index (χ0n) is 6.22. The summed E-state index contributed by atoms with van der Waals surface area (Å²) in [5.74, 6) is 0. The van der Waals surface area contributed by atoms with Gasteiger partial charge in [0, 0.05) is 0 Å². The van der Waals surface area contributed by atoms with E-state index in [9.17, 15) is 0 Å². The van der Waals surface area contributed by atoms with Crippen LogP contribution in [0, 0.1) is 6.92 Å². The molecule has 0 aromatic heterocycles. The van der Waals surface area contributed by atoms with E-state index in [-0.39, 0.29) is 18.9 Å². The van der Waals surface area contributed by atoms with Crippen molar-refractivity contribution in [2.24, 2.45) is 0 Å². The Balaban J connectivity index is 0.000000500. The van der Waals surface area contributed by atoms with E-state index in [2.05, 4.69) is 30.5 Å². The van der Waals surface area contributed by atoms with Gasteiger partial charge in [-0.05, 0) is 6.92 Å². The van der Waals surface area contributed by atoms with Crippen LogP contribution < -0.4 is 18.9 Å². The fraction of sp³-hybridized carbons (Fsp3) is 0.125. The second-order valence-corrected chi connectivity index (χ2v) is 3.22. The van der Waals surface area contributed by atoms with Gasteiger partial charge in [-0.3, -0.25) is 11.3 Å². The van der Waals surface area contributed by atoms with Crippen LogP contribution in [-0.2, 0) is 0 Å². The van der Waals surface area contributed by atoms with Gasteiger partial charge >= 0.3 is 18.9 Å². The van der Waals surface area contributed by atoms with Crippen LogP contribution in [0.3, 0.4) is 0 Å². The molecule has 1 aliphatic carbocycles. The molecule has 1 aliphatic heterocycles. The van der Waals surface area contributed by atoms with Gasteiger partial charge in [0.25, 0.3) is 0 Å². The first-order valence-electron chi connectivity index (χ1n) is 2.97. The Hall–Kier alpha value is -0.0926. The first-order valence-corrected chi connectivity index (χ1v) is 3.85. The molecule has 0 spiro atoms. The Kier molecular flexibility index (Phi) is 2.31. The van der Waals surface area contributed by atoms with Gasteiger partial charge in [0.15, 0.2) is 0 Å². The molecule has 0 N–H and O–H groups in total. The van der Waals surface area contributed by atoms with Gasteiger partial charge in [-0.2, -0.15) is 11.6 Å². The molecule has 1 heterocycles. The van der Waals surface area contributed by atoms with Gasteiger partial charge in [-0.1, -0.05) is 5.56 Å². The molecule has 0 fully saturated rings. The number of hydrogen-bond donors (Lipinski definition) is 0. The molecule has 46 valence electrons. The van der Waals surface area contributed by atoms with E-state index in [4.69, 9.17) is 0 Å². The maximum Gasteiger partial charge on any atom is 1.00 e. The number of thiophene rings is 1. The Morgan fingerprint density at radius 1 is 1.40 bits per heavy atom. The Labute approximate surface area is 76.8 Å². The van der Waals surface area contributed by atoms with Gasteiger partial charge < -0.3 is 0 Å². The SMILES string of the molecule is Cc1cc2c[cH-]sc-2c1.[Li+]. The van der Waals surface area contributed by atoms with Gasteiger partial charge in [-0.15, -0.1) is 22.4 Å². The molecule has 0 unspecified atom stereocenters. The van der Waals surface area contributed by atoms with Crippen molar-refractivity contribution in [1.29, 1.82) is 0 Å². The van der Waals surface area contributed by atoms with Crippen LogP contribution in [0.25, 0.3) is 10.4 Å². The Bertz CT molecular complexity index is 256. The smallest absolute Gasteiger partial charge is 0.291 e. The predicted molar refractivity (Wildman–Crippen MR) is 41.3 cm³/mol. The topological polar surface area (TPSA) is 0 Å². The Morgan fingerprint density at radius 3 is 2.90 bits per heavy atom. The summed E-state index contributed by atoms with van der Waals surface area (Å²) in [6.45, 7) is 2.13. The molecule has 0 radical (unpaired) electrons. The minimum atomic E-state index is 0. The zero-order valence-corrected chi connectivity index (χ0v) is 7.03. The summed E-state index contributed by atoms with van der Waals surface area (Å²) < 4.78 is 0. The van der Waals surface area contributed by atoms with E-state index in [1.165, 1.54) is 16.0 Å². The molecule has 0 bridgehead atoms. The molecule has 0 atom stereocenters. The van der Waals surface area contributed by atoms with Crippen molar-refractivity contribution in [1.82, 2.24) is 0 Å². The molecule has 0 amide bonds. The van der Waals surface area contributed by atoms with E-state index in [0.29, 0.717) is 0 Å². The van der Waals surface area contributed by atoms with Crippen LogP contribution in [0.2, 0.25) is 0 Å². The fourth-order valence-corrected chi connectivity index (χ4v) is 1.94. The molecule has 0 aromatic rings. The maximum absolute atomic E-state index is 2.22. The summed E-state index contributed by atoms with van der Waals surface area (Å²) in [4.78, 5) is 1.41. The first-order chi connectivity index (χ1) is 4.36. The molecule has 0 saturated heterocycles. The summed E-state index contributed by atoms with van der Waals surface area (Å²) in [5, 5.41) is 2.13. The molecule has 0 aromatic carbocycles.